The smallest absolute Gasteiger partial charge is 0.215 e. The van der Waals surface area contributed by atoms with E-state index in [1.165, 1.54) is 0 Å². The number of hydrogen-bond acceptors (Lipinski definition) is 3. The van der Waals surface area contributed by atoms with Gasteiger partial charge in [-0.3, -0.25) is 4.79 Å². The molecule has 0 saturated carbocycles. The van der Waals surface area contributed by atoms with Crippen molar-refractivity contribution in [2.75, 3.05) is 0 Å². The van der Waals surface area contributed by atoms with Crippen LogP contribution in [0.4, 0.5) is 0 Å². The molecule has 0 heterocycles. The zero-order valence-electron chi connectivity index (χ0n) is 22.6. The monoisotopic (exact) mass is 614 g/mol. The highest BCUT2D eigenvalue weighted by atomic mass is 35.5. The Morgan fingerprint density at radius 1 is 0.575 bits per heavy atom. The number of ether oxygens (including phenoxy) is 2. The molecule has 0 bridgehead atoms. The maximum Gasteiger partial charge on any atom is 0.215 e. The third-order valence-corrected chi connectivity index (χ3v) is 8.20. The lowest BCUT2D eigenvalue weighted by Gasteiger charge is -2.40. The van der Waals surface area contributed by atoms with Gasteiger partial charge in [0.05, 0.1) is 10.0 Å². The highest BCUT2D eigenvalue weighted by Crippen LogP contribution is 2.40. The summed E-state index contributed by atoms with van der Waals surface area (Å²) in [5.41, 5.74) is 0.248. The van der Waals surface area contributed by atoms with E-state index in [1.54, 1.807) is 36.4 Å². The molecule has 0 fully saturated rings. The van der Waals surface area contributed by atoms with Gasteiger partial charge in [0.15, 0.2) is 12.2 Å². The number of Topliss-reactive ketones (excluding diaryl/α,β-unsaturated/α-hetero) is 1. The highest BCUT2D eigenvalue weighted by Gasteiger charge is 2.48. The van der Waals surface area contributed by atoms with Crippen molar-refractivity contribution in [3.8, 4) is 11.5 Å². The number of hydrogen-bond donors (Lipinski definition) is 0. The molecule has 0 spiro atoms. The molecule has 3 nitrogen and oxygen atoms in total. The SMILES string of the molecule is CC(C)(c1ccccc1)C(Oc1ccc(Cl)cc1Cl)C(=O)C(Oc1ccc(Cl)cc1Cl)C(C)(C)c1ccccc1. The third kappa shape index (κ3) is 6.61. The van der Waals surface area contributed by atoms with E-state index < -0.39 is 23.0 Å². The van der Waals surface area contributed by atoms with Crippen LogP contribution in [0.3, 0.4) is 0 Å². The lowest BCUT2D eigenvalue weighted by Crippen LogP contribution is -2.55. The summed E-state index contributed by atoms with van der Waals surface area (Å²) in [6, 6.07) is 29.4. The third-order valence-electron chi connectivity index (χ3n) is 7.14. The summed E-state index contributed by atoms with van der Waals surface area (Å²) < 4.78 is 13.0. The van der Waals surface area contributed by atoms with Gasteiger partial charge >= 0.3 is 0 Å². The summed E-state index contributed by atoms with van der Waals surface area (Å²) in [6.45, 7) is 7.88. The first-order valence-electron chi connectivity index (χ1n) is 12.8. The summed E-state index contributed by atoms with van der Waals surface area (Å²) in [5, 5.41) is 1.53. The number of carbonyl (C=O) groups excluding carboxylic acids is 1. The second-order valence-corrected chi connectivity index (χ2v) is 12.4. The van der Waals surface area contributed by atoms with Crippen LogP contribution in [0.2, 0.25) is 20.1 Å². The molecule has 0 amide bonds. The molecule has 4 rings (SSSR count). The maximum absolute atomic E-state index is 14.9. The van der Waals surface area contributed by atoms with Crippen LogP contribution in [-0.4, -0.2) is 18.0 Å². The minimum Gasteiger partial charge on any atom is -0.480 e. The molecule has 0 saturated heterocycles. The molecule has 0 radical (unpaired) electrons. The molecule has 0 N–H and O–H groups in total. The van der Waals surface area contributed by atoms with Crippen LogP contribution >= 0.6 is 46.4 Å². The van der Waals surface area contributed by atoms with E-state index in [2.05, 4.69) is 0 Å². The average molecular weight is 616 g/mol. The molecule has 0 aliphatic heterocycles. The summed E-state index contributed by atoms with van der Waals surface area (Å²) >= 11 is 25.3. The molecule has 208 valence electrons. The van der Waals surface area contributed by atoms with Crippen molar-refractivity contribution in [2.24, 2.45) is 0 Å². The fourth-order valence-corrected chi connectivity index (χ4v) is 5.60. The van der Waals surface area contributed by atoms with Gasteiger partial charge in [-0.1, -0.05) is 135 Å². The lowest BCUT2D eigenvalue weighted by molar-refractivity contribution is -0.138. The van der Waals surface area contributed by atoms with E-state index in [-0.39, 0.29) is 5.78 Å². The Bertz CT molecular complexity index is 1360. The zero-order valence-corrected chi connectivity index (χ0v) is 25.7. The number of benzene rings is 4. The predicted molar refractivity (Wildman–Crippen MR) is 166 cm³/mol. The van der Waals surface area contributed by atoms with E-state index in [9.17, 15) is 4.79 Å². The van der Waals surface area contributed by atoms with Crippen molar-refractivity contribution in [2.45, 2.75) is 50.7 Å². The molecule has 2 unspecified atom stereocenters. The Kier molecular flexibility index (Phi) is 9.42. The quantitative estimate of drug-likeness (QED) is 0.178. The molecule has 4 aromatic rings. The normalized spacial score (nSPS) is 13.4. The number of ketones is 1. The minimum absolute atomic E-state index is 0.278. The molecular weight excluding hydrogens is 586 g/mol. The Labute approximate surface area is 255 Å². The van der Waals surface area contributed by atoms with Gasteiger partial charge in [0.25, 0.3) is 0 Å². The van der Waals surface area contributed by atoms with Crippen LogP contribution in [0.1, 0.15) is 38.8 Å². The summed E-state index contributed by atoms with van der Waals surface area (Å²) in [7, 11) is 0. The van der Waals surface area contributed by atoms with Crippen molar-refractivity contribution >= 4 is 52.2 Å². The zero-order chi connectivity index (χ0) is 29.1. The van der Waals surface area contributed by atoms with Crippen molar-refractivity contribution < 1.29 is 14.3 Å². The Hall–Kier alpha value is -2.69. The summed E-state index contributed by atoms with van der Waals surface area (Å²) in [5.74, 6) is 0.406. The van der Waals surface area contributed by atoms with Crippen LogP contribution in [0.25, 0.3) is 0 Å². The Balaban J connectivity index is 1.86. The Morgan fingerprint density at radius 2 is 0.925 bits per heavy atom. The maximum atomic E-state index is 14.9. The highest BCUT2D eigenvalue weighted by molar-refractivity contribution is 6.36. The standard InChI is InChI=1S/C33H30Cl4O3/c1-32(2,21-11-7-5-8-12-21)30(39-27-17-15-23(34)19-25(27)36)29(38)31(33(3,4)22-13-9-6-10-14-22)40-28-18-16-24(35)20-26(28)37/h5-20,30-31H,1-4H3. The predicted octanol–water partition coefficient (Wildman–Crippen LogP) is 10.0. The second-order valence-electron chi connectivity index (χ2n) is 10.7. The van der Waals surface area contributed by atoms with E-state index in [0.717, 1.165) is 11.1 Å². The van der Waals surface area contributed by atoms with Gasteiger partial charge in [-0.15, -0.1) is 0 Å². The van der Waals surface area contributed by atoms with E-state index in [1.807, 2.05) is 88.4 Å². The summed E-state index contributed by atoms with van der Waals surface area (Å²) in [4.78, 5) is 14.9. The summed E-state index contributed by atoms with van der Waals surface area (Å²) in [6.07, 6.45) is -2.01. The van der Waals surface area contributed by atoms with Gasteiger partial charge in [0.2, 0.25) is 5.78 Å². The Morgan fingerprint density at radius 3 is 1.25 bits per heavy atom. The molecule has 40 heavy (non-hydrogen) atoms. The van der Waals surface area contributed by atoms with E-state index in [0.29, 0.717) is 31.6 Å². The van der Waals surface area contributed by atoms with Gasteiger partial charge in [-0.25, -0.2) is 0 Å². The van der Waals surface area contributed by atoms with E-state index in [4.69, 9.17) is 55.9 Å². The fourth-order valence-electron chi connectivity index (χ4n) is 4.69. The largest absolute Gasteiger partial charge is 0.480 e. The van der Waals surface area contributed by atoms with Gasteiger partial charge < -0.3 is 9.47 Å². The second kappa shape index (κ2) is 12.4. The van der Waals surface area contributed by atoms with Crippen LogP contribution in [0, 0.1) is 0 Å². The number of carbonyl (C=O) groups is 1. The molecule has 0 aliphatic carbocycles. The first kappa shape index (κ1) is 30.3. The average Bonchev–Trinajstić information content (AvgIpc) is 2.92. The molecule has 2 atom stereocenters. The van der Waals surface area contributed by atoms with Crippen LogP contribution in [0.5, 0.6) is 11.5 Å². The van der Waals surface area contributed by atoms with Crippen LogP contribution in [0.15, 0.2) is 97.1 Å². The first-order valence-corrected chi connectivity index (χ1v) is 14.3. The molecular formula is C33H30Cl4O3. The molecule has 0 aliphatic rings. The van der Waals surface area contributed by atoms with Crippen molar-refractivity contribution in [3.63, 3.8) is 0 Å². The first-order chi connectivity index (χ1) is 18.9. The van der Waals surface area contributed by atoms with Crippen molar-refractivity contribution in [1.82, 2.24) is 0 Å². The molecule has 4 aromatic carbocycles. The minimum atomic E-state index is -1.01. The molecule has 0 aromatic heterocycles. The van der Waals surface area contributed by atoms with Gasteiger partial charge in [-0.05, 0) is 47.5 Å². The van der Waals surface area contributed by atoms with E-state index >= 15 is 0 Å². The number of rotatable bonds is 10. The van der Waals surface area contributed by atoms with Gasteiger partial charge in [0.1, 0.15) is 11.5 Å². The van der Waals surface area contributed by atoms with Gasteiger partial charge in [-0.2, -0.15) is 0 Å². The molecule has 7 heteroatoms. The van der Waals surface area contributed by atoms with Crippen LogP contribution < -0.4 is 9.47 Å². The van der Waals surface area contributed by atoms with Gasteiger partial charge in [0, 0.05) is 20.9 Å². The van der Waals surface area contributed by atoms with Crippen LogP contribution in [-0.2, 0) is 15.6 Å². The topological polar surface area (TPSA) is 35.5 Å². The number of halogens is 4. The lowest BCUT2D eigenvalue weighted by atomic mass is 9.71. The van der Waals surface area contributed by atoms with Crippen molar-refractivity contribution in [1.29, 1.82) is 0 Å². The van der Waals surface area contributed by atoms with Crippen molar-refractivity contribution in [3.05, 3.63) is 128 Å². The fraction of sp³-hybridized carbons (Fsp3) is 0.242.